The van der Waals surface area contributed by atoms with E-state index in [4.69, 9.17) is 18.0 Å². The van der Waals surface area contributed by atoms with E-state index in [0.29, 0.717) is 5.92 Å². The van der Waals surface area contributed by atoms with Gasteiger partial charge in [-0.3, -0.25) is 4.79 Å². The number of thiocarbonyl (C=S) groups is 1. The fraction of sp³-hybridized carbons (Fsp3) is 0.846. The molecule has 3 nitrogen and oxygen atoms in total. The van der Waals surface area contributed by atoms with Crippen molar-refractivity contribution in [3.8, 4) is 0 Å². The van der Waals surface area contributed by atoms with Gasteiger partial charge >= 0.3 is 0 Å². The van der Waals surface area contributed by atoms with Gasteiger partial charge in [0.1, 0.15) is 0 Å². The first-order chi connectivity index (χ1) is 7.75. The van der Waals surface area contributed by atoms with Crippen LogP contribution >= 0.6 is 12.2 Å². The largest absolute Gasteiger partial charge is 0.393 e. The molecule has 0 aliphatic heterocycles. The van der Waals surface area contributed by atoms with Crippen molar-refractivity contribution in [2.24, 2.45) is 23.5 Å². The average molecular weight is 258 g/mol. The maximum Gasteiger partial charge on any atom is 0.230 e. The van der Waals surface area contributed by atoms with Gasteiger partial charge in [-0.05, 0) is 31.6 Å². The maximum atomic E-state index is 12.0. The van der Waals surface area contributed by atoms with Crippen LogP contribution in [0.4, 0.5) is 0 Å². The standard InChI is InChI=1S/C13H26N2OS/c1-8(2)6-7-10(5)15-13(16)11(9(3)4)12(14)17/h8-11H,6-7H2,1-5H3,(H2,14,17)(H,15,16). The zero-order valence-corrected chi connectivity index (χ0v) is 12.4. The number of hydrogen-bond acceptors (Lipinski definition) is 2. The average Bonchev–Trinajstić information content (AvgIpc) is 2.12. The first-order valence-electron chi connectivity index (χ1n) is 6.35. The summed E-state index contributed by atoms with van der Waals surface area (Å²) in [5.74, 6) is 0.408. The van der Waals surface area contributed by atoms with E-state index in [1.54, 1.807) is 0 Å². The molecule has 17 heavy (non-hydrogen) atoms. The van der Waals surface area contributed by atoms with Crippen LogP contribution in [0.2, 0.25) is 0 Å². The van der Waals surface area contributed by atoms with Crippen LogP contribution in [0.3, 0.4) is 0 Å². The summed E-state index contributed by atoms with van der Waals surface area (Å²) in [6.45, 7) is 10.3. The lowest BCUT2D eigenvalue weighted by atomic mass is 9.94. The van der Waals surface area contributed by atoms with Crippen molar-refractivity contribution in [1.29, 1.82) is 0 Å². The van der Waals surface area contributed by atoms with Gasteiger partial charge in [-0.15, -0.1) is 0 Å². The van der Waals surface area contributed by atoms with E-state index in [1.807, 2.05) is 20.8 Å². The molecule has 0 aromatic rings. The zero-order chi connectivity index (χ0) is 13.6. The first-order valence-corrected chi connectivity index (χ1v) is 6.76. The second-order valence-electron chi connectivity index (χ2n) is 5.50. The Hall–Kier alpha value is -0.640. The van der Waals surface area contributed by atoms with Gasteiger partial charge in [0.2, 0.25) is 5.91 Å². The lowest BCUT2D eigenvalue weighted by Crippen LogP contribution is -2.44. The quantitative estimate of drug-likeness (QED) is 0.690. The Balaban J connectivity index is 4.26. The fourth-order valence-corrected chi connectivity index (χ4v) is 2.13. The molecule has 0 aromatic heterocycles. The minimum Gasteiger partial charge on any atom is -0.393 e. The SMILES string of the molecule is CC(C)CCC(C)NC(=O)C(C(N)=S)C(C)C. The Labute approximate surface area is 111 Å². The van der Waals surface area contributed by atoms with E-state index in [1.165, 1.54) is 0 Å². The molecule has 2 atom stereocenters. The number of hydrogen-bond donors (Lipinski definition) is 2. The lowest BCUT2D eigenvalue weighted by molar-refractivity contribution is -0.124. The predicted octanol–water partition coefficient (Wildman–Crippen LogP) is 2.49. The summed E-state index contributed by atoms with van der Waals surface area (Å²) < 4.78 is 0. The van der Waals surface area contributed by atoms with E-state index in [2.05, 4.69) is 19.2 Å². The number of rotatable bonds is 7. The molecular formula is C13H26N2OS. The molecule has 0 radical (unpaired) electrons. The summed E-state index contributed by atoms with van der Waals surface area (Å²) in [4.78, 5) is 12.3. The summed E-state index contributed by atoms with van der Waals surface area (Å²) >= 11 is 4.95. The van der Waals surface area contributed by atoms with Crippen molar-refractivity contribution < 1.29 is 4.79 Å². The predicted molar refractivity (Wildman–Crippen MR) is 76.8 cm³/mol. The van der Waals surface area contributed by atoms with Gasteiger partial charge in [0.15, 0.2) is 0 Å². The molecule has 1 amide bonds. The highest BCUT2D eigenvalue weighted by Gasteiger charge is 2.25. The molecule has 4 heteroatoms. The highest BCUT2D eigenvalue weighted by atomic mass is 32.1. The minimum absolute atomic E-state index is 0.0382. The summed E-state index contributed by atoms with van der Waals surface area (Å²) in [5, 5.41) is 2.99. The fourth-order valence-electron chi connectivity index (χ4n) is 1.75. The third-order valence-corrected chi connectivity index (χ3v) is 3.08. The number of carbonyl (C=O) groups excluding carboxylic acids is 1. The Bertz CT molecular complexity index is 264. The van der Waals surface area contributed by atoms with Gasteiger partial charge in [-0.1, -0.05) is 39.9 Å². The van der Waals surface area contributed by atoms with Gasteiger partial charge in [-0.25, -0.2) is 0 Å². The second kappa shape index (κ2) is 7.64. The van der Waals surface area contributed by atoms with Crippen molar-refractivity contribution in [3.63, 3.8) is 0 Å². The third kappa shape index (κ3) is 6.61. The minimum atomic E-state index is -0.355. The van der Waals surface area contributed by atoms with E-state index < -0.39 is 0 Å². The number of carbonyl (C=O) groups is 1. The van der Waals surface area contributed by atoms with Crippen LogP contribution in [0, 0.1) is 17.8 Å². The highest BCUT2D eigenvalue weighted by molar-refractivity contribution is 7.80. The van der Waals surface area contributed by atoms with Crippen molar-refractivity contribution in [2.75, 3.05) is 0 Å². The summed E-state index contributed by atoms with van der Waals surface area (Å²) in [7, 11) is 0. The molecule has 0 saturated heterocycles. The van der Waals surface area contributed by atoms with Crippen LogP contribution in [-0.2, 0) is 4.79 Å². The van der Waals surface area contributed by atoms with Gasteiger partial charge in [0.05, 0.1) is 10.9 Å². The molecular weight excluding hydrogens is 232 g/mol. The number of nitrogens with two attached hydrogens (primary N) is 1. The molecule has 0 aliphatic rings. The molecule has 0 spiro atoms. The van der Waals surface area contributed by atoms with Crippen LogP contribution in [0.15, 0.2) is 0 Å². The Morgan fingerprint density at radius 3 is 2.06 bits per heavy atom. The Kier molecular flexibility index (Phi) is 7.35. The third-order valence-electron chi connectivity index (χ3n) is 2.82. The summed E-state index contributed by atoms with van der Waals surface area (Å²) in [6, 6.07) is 0.181. The van der Waals surface area contributed by atoms with Crippen LogP contribution in [-0.4, -0.2) is 16.9 Å². The van der Waals surface area contributed by atoms with Crippen molar-refractivity contribution >= 4 is 23.1 Å². The molecule has 2 unspecified atom stereocenters. The smallest absolute Gasteiger partial charge is 0.230 e. The molecule has 0 aromatic carbocycles. The van der Waals surface area contributed by atoms with Gasteiger partial charge < -0.3 is 11.1 Å². The Morgan fingerprint density at radius 1 is 1.18 bits per heavy atom. The van der Waals surface area contributed by atoms with Crippen LogP contribution < -0.4 is 11.1 Å². The molecule has 0 saturated carbocycles. The van der Waals surface area contributed by atoms with Crippen LogP contribution in [0.1, 0.15) is 47.5 Å². The van der Waals surface area contributed by atoms with Crippen LogP contribution in [0.25, 0.3) is 0 Å². The molecule has 0 heterocycles. The van der Waals surface area contributed by atoms with Gasteiger partial charge in [0, 0.05) is 6.04 Å². The van der Waals surface area contributed by atoms with Crippen molar-refractivity contribution in [3.05, 3.63) is 0 Å². The first kappa shape index (κ1) is 16.4. The van der Waals surface area contributed by atoms with Crippen LogP contribution in [0.5, 0.6) is 0 Å². The highest BCUT2D eigenvalue weighted by Crippen LogP contribution is 2.13. The molecule has 100 valence electrons. The summed E-state index contributed by atoms with van der Waals surface area (Å²) in [5.41, 5.74) is 5.61. The normalized spacial score (nSPS) is 14.8. The molecule has 0 fully saturated rings. The molecule has 0 bridgehead atoms. The molecule has 3 N–H and O–H groups in total. The summed E-state index contributed by atoms with van der Waals surface area (Å²) in [6.07, 6.45) is 2.10. The van der Waals surface area contributed by atoms with E-state index >= 15 is 0 Å². The second-order valence-corrected chi connectivity index (χ2v) is 5.98. The molecule has 0 aliphatic carbocycles. The van der Waals surface area contributed by atoms with Gasteiger partial charge in [-0.2, -0.15) is 0 Å². The van der Waals surface area contributed by atoms with E-state index in [0.717, 1.165) is 12.8 Å². The van der Waals surface area contributed by atoms with Crippen molar-refractivity contribution in [1.82, 2.24) is 5.32 Å². The monoisotopic (exact) mass is 258 g/mol. The van der Waals surface area contributed by atoms with Gasteiger partial charge in [0.25, 0.3) is 0 Å². The number of nitrogens with one attached hydrogen (secondary N) is 1. The zero-order valence-electron chi connectivity index (χ0n) is 11.6. The number of amides is 1. The topological polar surface area (TPSA) is 55.1 Å². The Morgan fingerprint density at radius 2 is 1.71 bits per heavy atom. The lowest BCUT2D eigenvalue weighted by Gasteiger charge is -2.22. The van der Waals surface area contributed by atoms with Crippen molar-refractivity contribution in [2.45, 2.75) is 53.5 Å². The van der Waals surface area contributed by atoms with E-state index in [-0.39, 0.29) is 28.8 Å². The maximum absolute atomic E-state index is 12.0. The van der Waals surface area contributed by atoms with E-state index in [9.17, 15) is 4.79 Å². The molecule has 0 rings (SSSR count).